The SMILES string of the molecule is COc1ccc(CNC(=O)CC(CN)OC)cc1OC1CCCC1.Cl. The molecule has 1 aromatic rings. The standard InChI is InChI=1S/C18H28N2O4.ClH/c1-22-15(11-19)10-18(21)20-12-13-7-8-16(23-2)17(9-13)24-14-5-3-4-6-14;/h7-9,14-15H,3-6,10-12,19H2,1-2H3,(H,20,21);1H. The lowest BCUT2D eigenvalue weighted by Crippen LogP contribution is -2.31. The minimum Gasteiger partial charge on any atom is -0.493 e. The summed E-state index contributed by atoms with van der Waals surface area (Å²) in [5.74, 6) is 1.38. The number of carbonyl (C=O) groups excluding carboxylic acids is 1. The Balaban J connectivity index is 0.00000312. The molecule has 0 radical (unpaired) electrons. The summed E-state index contributed by atoms with van der Waals surface area (Å²) in [5.41, 5.74) is 6.50. The average molecular weight is 373 g/mol. The zero-order chi connectivity index (χ0) is 17.4. The molecule has 1 aromatic carbocycles. The third-order valence-corrected chi connectivity index (χ3v) is 4.32. The van der Waals surface area contributed by atoms with Gasteiger partial charge >= 0.3 is 0 Å². The molecule has 1 fully saturated rings. The number of hydrogen-bond acceptors (Lipinski definition) is 5. The molecule has 7 heteroatoms. The highest BCUT2D eigenvalue weighted by molar-refractivity contribution is 5.85. The van der Waals surface area contributed by atoms with Crippen molar-refractivity contribution in [3.05, 3.63) is 23.8 Å². The van der Waals surface area contributed by atoms with E-state index >= 15 is 0 Å². The zero-order valence-electron chi connectivity index (χ0n) is 15.0. The number of ether oxygens (including phenoxy) is 3. The molecule has 0 spiro atoms. The first-order valence-corrected chi connectivity index (χ1v) is 8.49. The van der Waals surface area contributed by atoms with Gasteiger partial charge in [0, 0.05) is 20.2 Å². The van der Waals surface area contributed by atoms with Crippen LogP contribution in [0.25, 0.3) is 0 Å². The summed E-state index contributed by atoms with van der Waals surface area (Å²) in [6, 6.07) is 5.75. The van der Waals surface area contributed by atoms with E-state index < -0.39 is 0 Å². The second-order valence-corrected chi connectivity index (χ2v) is 6.08. The Morgan fingerprint density at radius 3 is 2.60 bits per heavy atom. The van der Waals surface area contributed by atoms with Crippen molar-refractivity contribution in [2.75, 3.05) is 20.8 Å². The van der Waals surface area contributed by atoms with Gasteiger partial charge in [0.25, 0.3) is 0 Å². The first kappa shape index (κ1) is 21.5. The summed E-state index contributed by atoms with van der Waals surface area (Å²) in [5, 5.41) is 2.89. The number of nitrogens with two attached hydrogens (primary N) is 1. The summed E-state index contributed by atoms with van der Waals surface area (Å²) in [6.45, 7) is 0.761. The summed E-state index contributed by atoms with van der Waals surface area (Å²) in [4.78, 5) is 11.9. The van der Waals surface area contributed by atoms with E-state index in [0.29, 0.717) is 13.1 Å². The van der Waals surface area contributed by atoms with Crippen LogP contribution in [0.5, 0.6) is 11.5 Å². The Morgan fingerprint density at radius 2 is 2.00 bits per heavy atom. The molecular weight excluding hydrogens is 344 g/mol. The molecule has 1 saturated carbocycles. The van der Waals surface area contributed by atoms with Gasteiger partial charge in [-0.25, -0.2) is 0 Å². The molecule has 2 rings (SSSR count). The van der Waals surface area contributed by atoms with Crippen LogP contribution in [0.4, 0.5) is 0 Å². The average Bonchev–Trinajstić information content (AvgIpc) is 3.11. The number of hydrogen-bond donors (Lipinski definition) is 2. The lowest BCUT2D eigenvalue weighted by Gasteiger charge is -2.17. The predicted octanol–water partition coefficient (Wildman–Crippen LogP) is 2.42. The number of amides is 1. The van der Waals surface area contributed by atoms with E-state index in [1.54, 1.807) is 14.2 Å². The van der Waals surface area contributed by atoms with Crippen molar-refractivity contribution in [1.82, 2.24) is 5.32 Å². The summed E-state index contributed by atoms with van der Waals surface area (Å²) >= 11 is 0. The fraction of sp³-hybridized carbons (Fsp3) is 0.611. The maximum atomic E-state index is 11.9. The van der Waals surface area contributed by atoms with Crippen molar-refractivity contribution in [3.63, 3.8) is 0 Å². The second kappa shape index (κ2) is 11.2. The first-order chi connectivity index (χ1) is 11.7. The number of benzene rings is 1. The maximum absolute atomic E-state index is 11.9. The third kappa shape index (κ3) is 6.72. The van der Waals surface area contributed by atoms with Gasteiger partial charge in [0.2, 0.25) is 5.91 Å². The van der Waals surface area contributed by atoms with Gasteiger partial charge in [-0.15, -0.1) is 12.4 Å². The number of carbonyl (C=O) groups is 1. The van der Waals surface area contributed by atoms with Crippen LogP contribution in [0.3, 0.4) is 0 Å². The van der Waals surface area contributed by atoms with Gasteiger partial charge in [-0.2, -0.15) is 0 Å². The van der Waals surface area contributed by atoms with Crippen molar-refractivity contribution in [3.8, 4) is 11.5 Å². The van der Waals surface area contributed by atoms with Crippen LogP contribution < -0.4 is 20.5 Å². The molecule has 25 heavy (non-hydrogen) atoms. The lowest BCUT2D eigenvalue weighted by atomic mass is 10.2. The third-order valence-electron chi connectivity index (χ3n) is 4.32. The van der Waals surface area contributed by atoms with Crippen LogP contribution in [0, 0.1) is 0 Å². The highest BCUT2D eigenvalue weighted by atomic mass is 35.5. The molecule has 6 nitrogen and oxygen atoms in total. The fourth-order valence-corrected chi connectivity index (χ4v) is 2.85. The van der Waals surface area contributed by atoms with Gasteiger partial charge < -0.3 is 25.3 Å². The molecule has 1 amide bonds. The zero-order valence-corrected chi connectivity index (χ0v) is 15.8. The molecule has 1 aliphatic carbocycles. The van der Waals surface area contributed by atoms with Crippen LogP contribution in [-0.4, -0.2) is 38.9 Å². The monoisotopic (exact) mass is 372 g/mol. The Morgan fingerprint density at radius 1 is 1.28 bits per heavy atom. The van der Waals surface area contributed by atoms with Gasteiger partial charge in [0.05, 0.1) is 25.7 Å². The molecule has 3 N–H and O–H groups in total. The van der Waals surface area contributed by atoms with Crippen LogP contribution in [0.1, 0.15) is 37.7 Å². The quantitative estimate of drug-likeness (QED) is 0.695. The molecule has 0 saturated heterocycles. The first-order valence-electron chi connectivity index (χ1n) is 8.49. The number of nitrogens with one attached hydrogen (secondary N) is 1. The molecule has 142 valence electrons. The van der Waals surface area contributed by atoms with Gasteiger partial charge in [0.1, 0.15) is 0 Å². The van der Waals surface area contributed by atoms with Gasteiger partial charge in [-0.05, 0) is 43.4 Å². The Hall–Kier alpha value is -1.50. The van der Waals surface area contributed by atoms with Crippen LogP contribution in [-0.2, 0) is 16.1 Å². The van der Waals surface area contributed by atoms with Crippen molar-refractivity contribution >= 4 is 18.3 Å². The van der Waals surface area contributed by atoms with Crippen molar-refractivity contribution in [2.45, 2.75) is 50.9 Å². The number of halogens is 1. The molecule has 0 bridgehead atoms. The number of methoxy groups -OCH3 is 2. The second-order valence-electron chi connectivity index (χ2n) is 6.08. The van der Waals surface area contributed by atoms with E-state index in [9.17, 15) is 4.79 Å². The van der Waals surface area contributed by atoms with E-state index in [1.807, 2.05) is 18.2 Å². The normalized spacial score (nSPS) is 15.3. The van der Waals surface area contributed by atoms with Crippen molar-refractivity contribution in [1.29, 1.82) is 0 Å². The molecule has 0 heterocycles. The largest absolute Gasteiger partial charge is 0.493 e. The van der Waals surface area contributed by atoms with E-state index in [0.717, 1.165) is 29.9 Å². The van der Waals surface area contributed by atoms with Crippen LogP contribution in [0.15, 0.2) is 18.2 Å². The predicted molar refractivity (Wildman–Crippen MR) is 99.4 cm³/mol. The van der Waals surface area contributed by atoms with Crippen LogP contribution >= 0.6 is 12.4 Å². The van der Waals surface area contributed by atoms with Crippen molar-refractivity contribution < 1.29 is 19.0 Å². The molecule has 0 aliphatic heterocycles. The molecule has 1 unspecified atom stereocenters. The Kier molecular flexibility index (Phi) is 9.63. The maximum Gasteiger partial charge on any atom is 0.222 e. The summed E-state index contributed by atoms with van der Waals surface area (Å²) < 4.78 is 16.6. The lowest BCUT2D eigenvalue weighted by molar-refractivity contribution is -0.123. The summed E-state index contributed by atoms with van der Waals surface area (Å²) in [7, 11) is 3.19. The van der Waals surface area contributed by atoms with E-state index in [2.05, 4.69) is 5.32 Å². The summed E-state index contributed by atoms with van der Waals surface area (Å²) in [6.07, 6.45) is 4.87. The van der Waals surface area contributed by atoms with Gasteiger partial charge in [-0.3, -0.25) is 4.79 Å². The van der Waals surface area contributed by atoms with E-state index in [1.165, 1.54) is 12.8 Å². The highest BCUT2D eigenvalue weighted by Gasteiger charge is 2.19. The van der Waals surface area contributed by atoms with E-state index in [4.69, 9.17) is 19.9 Å². The smallest absolute Gasteiger partial charge is 0.222 e. The van der Waals surface area contributed by atoms with E-state index in [-0.39, 0.29) is 36.9 Å². The Bertz CT molecular complexity index is 532. The highest BCUT2D eigenvalue weighted by Crippen LogP contribution is 2.32. The number of rotatable bonds is 9. The minimum atomic E-state index is -0.248. The molecule has 1 atom stereocenters. The molecule has 0 aromatic heterocycles. The van der Waals surface area contributed by atoms with Crippen molar-refractivity contribution in [2.24, 2.45) is 5.73 Å². The molecule has 1 aliphatic rings. The van der Waals surface area contributed by atoms with Gasteiger partial charge in [-0.1, -0.05) is 6.07 Å². The minimum absolute atomic E-state index is 0. The van der Waals surface area contributed by atoms with Crippen LogP contribution in [0.2, 0.25) is 0 Å². The fourth-order valence-electron chi connectivity index (χ4n) is 2.85. The topological polar surface area (TPSA) is 82.8 Å². The van der Waals surface area contributed by atoms with Gasteiger partial charge in [0.15, 0.2) is 11.5 Å². The Labute approximate surface area is 155 Å². The molecular formula is C18H29ClN2O4.